The van der Waals surface area contributed by atoms with Crippen LogP contribution in [0.15, 0.2) is 42.5 Å². The highest BCUT2D eigenvalue weighted by molar-refractivity contribution is 6.05. The van der Waals surface area contributed by atoms with Gasteiger partial charge in [0.25, 0.3) is 5.91 Å². The molecule has 3 aromatic rings. The quantitative estimate of drug-likeness (QED) is 0.635. The number of hydrogen-bond donors (Lipinski definition) is 2. The highest BCUT2D eigenvalue weighted by Gasteiger charge is 2.22. The minimum atomic E-state index is -0.0928. The molecular formula is C24H31N5O. The average Bonchev–Trinajstić information content (AvgIpc) is 3.19. The van der Waals surface area contributed by atoms with Gasteiger partial charge in [-0.3, -0.25) is 9.89 Å². The molecule has 1 aliphatic rings. The number of piperidine rings is 1. The molecule has 0 spiro atoms. The highest BCUT2D eigenvalue weighted by atomic mass is 16.1. The molecule has 6 nitrogen and oxygen atoms in total. The number of hydrogen-bond acceptors (Lipinski definition) is 4. The second-order valence-corrected chi connectivity index (χ2v) is 8.12. The first kappa shape index (κ1) is 20.4. The maximum Gasteiger partial charge on any atom is 0.255 e. The summed E-state index contributed by atoms with van der Waals surface area (Å²) < 4.78 is 0. The minimum Gasteiger partial charge on any atom is -0.372 e. The number of aromatic amines is 1. The van der Waals surface area contributed by atoms with Crippen molar-refractivity contribution in [2.24, 2.45) is 0 Å². The van der Waals surface area contributed by atoms with Crippen molar-refractivity contribution in [2.75, 3.05) is 43.4 Å². The van der Waals surface area contributed by atoms with Gasteiger partial charge in [-0.15, -0.1) is 0 Å². The van der Waals surface area contributed by atoms with Crippen LogP contribution in [0.2, 0.25) is 0 Å². The van der Waals surface area contributed by atoms with Gasteiger partial charge in [0.1, 0.15) is 0 Å². The number of benzene rings is 2. The number of amides is 1. The Bertz CT molecular complexity index is 998. The smallest absolute Gasteiger partial charge is 0.255 e. The number of anilines is 2. The zero-order chi connectivity index (χ0) is 21.1. The van der Waals surface area contributed by atoms with E-state index in [1.165, 1.54) is 0 Å². The van der Waals surface area contributed by atoms with Gasteiger partial charge in [0.2, 0.25) is 0 Å². The van der Waals surface area contributed by atoms with E-state index in [1.807, 2.05) is 36.4 Å². The van der Waals surface area contributed by atoms with E-state index in [2.05, 4.69) is 52.3 Å². The van der Waals surface area contributed by atoms with Gasteiger partial charge in [0.15, 0.2) is 0 Å². The van der Waals surface area contributed by atoms with Gasteiger partial charge >= 0.3 is 0 Å². The fraction of sp³-hybridized carbons (Fsp3) is 0.417. The number of carbonyl (C=O) groups is 1. The van der Waals surface area contributed by atoms with E-state index < -0.39 is 0 Å². The summed E-state index contributed by atoms with van der Waals surface area (Å²) in [5.74, 6) is 0.373. The molecule has 0 saturated carbocycles. The Balaban J connectivity index is 1.51. The monoisotopic (exact) mass is 405 g/mol. The molecule has 2 aromatic carbocycles. The summed E-state index contributed by atoms with van der Waals surface area (Å²) in [4.78, 5) is 17.4. The summed E-state index contributed by atoms with van der Waals surface area (Å²) in [5, 5.41) is 11.9. The summed E-state index contributed by atoms with van der Waals surface area (Å²) in [6, 6.07) is 13.8. The van der Waals surface area contributed by atoms with Crippen molar-refractivity contribution in [3.05, 3.63) is 53.7 Å². The summed E-state index contributed by atoms with van der Waals surface area (Å²) in [7, 11) is 2.17. The summed E-state index contributed by atoms with van der Waals surface area (Å²) in [5.41, 5.74) is 4.74. The zero-order valence-electron chi connectivity index (χ0n) is 18.1. The van der Waals surface area contributed by atoms with Crippen LogP contribution < -0.4 is 10.2 Å². The molecule has 1 aliphatic heterocycles. The lowest BCUT2D eigenvalue weighted by atomic mass is 9.92. The van der Waals surface area contributed by atoms with Crippen molar-refractivity contribution in [3.8, 4) is 0 Å². The predicted octanol–water partition coefficient (Wildman–Crippen LogP) is 4.47. The van der Waals surface area contributed by atoms with E-state index in [0.717, 1.165) is 67.0 Å². The summed E-state index contributed by atoms with van der Waals surface area (Å²) >= 11 is 0. The fourth-order valence-corrected chi connectivity index (χ4v) is 4.32. The lowest BCUT2D eigenvalue weighted by molar-refractivity contribution is 0.102. The van der Waals surface area contributed by atoms with Gasteiger partial charge in [-0.1, -0.05) is 0 Å². The maximum atomic E-state index is 12.8. The van der Waals surface area contributed by atoms with E-state index in [4.69, 9.17) is 0 Å². The summed E-state index contributed by atoms with van der Waals surface area (Å²) in [6.45, 7) is 8.36. The van der Waals surface area contributed by atoms with E-state index in [1.54, 1.807) is 0 Å². The molecule has 6 heteroatoms. The average molecular weight is 406 g/mol. The van der Waals surface area contributed by atoms with Crippen LogP contribution in [-0.2, 0) is 0 Å². The molecule has 0 atom stereocenters. The number of nitrogens with zero attached hydrogens (tertiary/aromatic N) is 3. The van der Waals surface area contributed by atoms with Gasteiger partial charge in [-0.05, 0) is 89.3 Å². The Kier molecular flexibility index (Phi) is 6.04. The van der Waals surface area contributed by atoms with Crippen LogP contribution in [0.1, 0.15) is 48.7 Å². The third-order valence-corrected chi connectivity index (χ3v) is 6.21. The SMILES string of the molecule is CCN(CC)c1ccc(C(=O)Nc2ccc3[nH]nc(C4CCN(C)CC4)c3c2)cc1. The molecule has 1 saturated heterocycles. The highest BCUT2D eigenvalue weighted by Crippen LogP contribution is 2.32. The molecule has 0 unspecified atom stereocenters. The van der Waals surface area contributed by atoms with E-state index in [-0.39, 0.29) is 5.91 Å². The Hall–Kier alpha value is -2.86. The predicted molar refractivity (Wildman–Crippen MR) is 124 cm³/mol. The number of fused-ring (bicyclic) bond motifs is 1. The van der Waals surface area contributed by atoms with E-state index in [0.29, 0.717) is 11.5 Å². The van der Waals surface area contributed by atoms with E-state index >= 15 is 0 Å². The largest absolute Gasteiger partial charge is 0.372 e. The molecule has 0 bridgehead atoms. The first-order valence-corrected chi connectivity index (χ1v) is 10.9. The van der Waals surface area contributed by atoms with Gasteiger partial charge in [0, 0.05) is 41.3 Å². The molecule has 1 aromatic heterocycles. The lowest BCUT2D eigenvalue weighted by Crippen LogP contribution is -2.29. The minimum absolute atomic E-state index is 0.0928. The zero-order valence-corrected chi connectivity index (χ0v) is 18.1. The molecule has 1 amide bonds. The molecule has 4 rings (SSSR count). The van der Waals surface area contributed by atoms with Gasteiger partial charge in [-0.2, -0.15) is 5.10 Å². The van der Waals surface area contributed by atoms with Gasteiger partial charge in [-0.25, -0.2) is 0 Å². The molecule has 2 N–H and O–H groups in total. The topological polar surface area (TPSA) is 64.3 Å². The van der Waals surface area contributed by atoms with E-state index in [9.17, 15) is 4.79 Å². The number of nitrogens with one attached hydrogen (secondary N) is 2. The van der Waals surface area contributed by atoms with Crippen molar-refractivity contribution in [1.82, 2.24) is 15.1 Å². The van der Waals surface area contributed by atoms with Crippen LogP contribution in [0, 0.1) is 0 Å². The van der Waals surface area contributed by atoms with Crippen LogP contribution in [0.25, 0.3) is 10.9 Å². The van der Waals surface area contributed by atoms with Crippen molar-refractivity contribution in [1.29, 1.82) is 0 Å². The Morgan fingerprint density at radius 2 is 1.83 bits per heavy atom. The fourth-order valence-electron chi connectivity index (χ4n) is 4.32. The second-order valence-electron chi connectivity index (χ2n) is 8.12. The first-order chi connectivity index (χ1) is 14.6. The van der Waals surface area contributed by atoms with Crippen LogP contribution in [-0.4, -0.2) is 54.2 Å². The number of H-pyrrole nitrogens is 1. The summed E-state index contributed by atoms with van der Waals surface area (Å²) in [6.07, 6.45) is 2.23. The van der Waals surface area contributed by atoms with Crippen molar-refractivity contribution in [2.45, 2.75) is 32.6 Å². The van der Waals surface area contributed by atoms with Crippen LogP contribution in [0.4, 0.5) is 11.4 Å². The molecule has 2 heterocycles. The van der Waals surface area contributed by atoms with Crippen LogP contribution >= 0.6 is 0 Å². The second kappa shape index (κ2) is 8.88. The lowest BCUT2D eigenvalue weighted by Gasteiger charge is -2.28. The third-order valence-electron chi connectivity index (χ3n) is 6.21. The van der Waals surface area contributed by atoms with Crippen molar-refractivity contribution >= 4 is 28.2 Å². The molecule has 1 fully saturated rings. The number of rotatable bonds is 6. The Labute approximate surface area is 178 Å². The molecular weight excluding hydrogens is 374 g/mol. The van der Waals surface area contributed by atoms with Crippen molar-refractivity contribution in [3.63, 3.8) is 0 Å². The van der Waals surface area contributed by atoms with Crippen molar-refractivity contribution < 1.29 is 4.79 Å². The van der Waals surface area contributed by atoms with Crippen LogP contribution in [0.5, 0.6) is 0 Å². The molecule has 158 valence electrons. The molecule has 0 radical (unpaired) electrons. The number of aromatic nitrogens is 2. The first-order valence-electron chi connectivity index (χ1n) is 10.9. The number of carbonyl (C=O) groups excluding carboxylic acids is 1. The normalized spacial score (nSPS) is 15.4. The maximum absolute atomic E-state index is 12.8. The Morgan fingerprint density at radius 1 is 1.13 bits per heavy atom. The number of likely N-dealkylation sites (tertiary alicyclic amines) is 1. The Morgan fingerprint density at radius 3 is 2.50 bits per heavy atom. The molecule has 0 aliphatic carbocycles. The van der Waals surface area contributed by atoms with Crippen LogP contribution in [0.3, 0.4) is 0 Å². The molecule has 30 heavy (non-hydrogen) atoms. The third kappa shape index (κ3) is 4.19. The van der Waals surface area contributed by atoms with Gasteiger partial charge in [0.05, 0.1) is 11.2 Å². The van der Waals surface area contributed by atoms with Gasteiger partial charge < -0.3 is 15.1 Å². The standard InChI is InChI=1S/C24H31N5O/c1-4-29(5-2)20-9-6-18(7-10-20)24(30)25-19-8-11-22-21(16-19)23(27-26-22)17-12-14-28(3)15-13-17/h6-11,16-17H,4-5,12-15H2,1-3H3,(H,25,30)(H,26,27).